The molecule has 0 saturated carbocycles. The molecule has 8 heteroatoms. The Balaban J connectivity index is 2.41. The SMILES string of the molecule is [B]C1([B])Oc2ccc(C([B])([B])C([B])(C)N)cc2O1. The van der Waals surface area contributed by atoms with Crippen molar-refractivity contribution in [3.05, 3.63) is 23.8 Å². The first-order chi connectivity index (χ1) is 8.03. The summed E-state index contributed by atoms with van der Waals surface area (Å²) in [6, 6.07) is 4.77. The maximum absolute atomic E-state index is 5.95. The topological polar surface area (TPSA) is 44.5 Å². The van der Waals surface area contributed by atoms with Crippen molar-refractivity contribution in [2.75, 3.05) is 0 Å². The molecule has 0 aromatic heterocycles. The smallest absolute Gasteiger partial charge is 0.175 e. The number of ether oxygens (including phenoxy) is 2. The fraction of sp³-hybridized carbons (Fsp3) is 0.400. The molecule has 2 N–H and O–H groups in total. The van der Waals surface area contributed by atoms with Gasteiger partial charge in [0.2, 0.25) is 0 Å². The number of hydrogen-bond donors (Lipinski definition) is 1. The summed E-state index contributed by atoms with van der Waals surface area (Å²) >= 11 is 0. The van der Waals surface area contributed by atoms with Gasteiger partial charge in [0.05, 0.1) is 23.5 Å². The van der Waals surface area contributed by atoms with E-state index in [1.807, 2.05) is 0 Å². The second kappa shape index (κ2) is 3.80. The summed E-state index contributed by atoms with van der Waals surface area (Å²) < 4.78 is 10.3. The quantitative estimate of drug-likeness (QED) is 0.643. The maximum atomic E-state index is 5.95. The number of rotatable bonds is 2. The van der Waals surface area contributed by atoms with Crippen molar-refractivity contribution in [2.24, 2.45) is 5.73 Å². The van der Waals surface area contributed by atoms with Crippen LogP contribution in [-0.4, -0.2) is 50.3 Å². The predicted molar refractivity (Wildman–Crippen MR) is 73.5 cm³/mol. The molecule has 80 valence electrons. The fourth-order valence-electron chi connectivity index (χ4n) is 1.61. The van der Waals surface area contributed by atoms with Gasteiger partial charge in [-0.15, -0.1) is 0 Å². The highest BCUT2D eigenvalue weighted by molar-refractivity contribution is 6.45. The fourth-order valence-corrected chi connectivity index (χ4v) is 1.61. The third-order valence-electron chi connectivity index (χ3n) is 2.85. The minimum Gasteiger partial charge on any atom is -0.468 e. The van der Waals surface area contributed by atoms with Gasteiger partial charge in [0.25, 0.3) is 0 Å². The molecule has 0 amide bonds. The van der Waals surface area contributed by atoms with Crippen LogP contribution in [0, 0.1) is 0 Å². The van der Waals surface area contributed by atoms with Crippen LogP contribution in [-0.2, 0) is 5.21 Å². The van der Waals surface area contributed by atoms with Crippen molar-refractivity contribution in [3.63, 3.8) is 0 Å². The molecule has 10 radical (unpaired) electrons. The van der Waals surface area contributed by atoms with E-state index >= 15 is 0 Å². The highest BCUT2D eigenvalue weighted by Crippen LogP contribution is 2.40. The first-order valence-corrected chi connectivity index (χ1v) is 5.29. The zero-order chi connectivity index (χ0) is 13.8. The van der Waals surface area contributed by atoms with Crippen LogP contribution in [0.3, 0.4) is 0 Å². The Bertz CT molecular complexity index is 484. The molecule has 1 aromatic rings. The Morgan fingerprint density at radius 1 is 1.11 bits per heavy atom. The van der Waals surface area contributed by atoms with E-state index in [4.69, 9.17) is 54.4 Å². The summed E-state index contributed by atoms with van der Waals surface area (Å²) in [6.45, 7) is 1.52. The summed E-state index contributed by atoms with van der Waals surface area (Å²) in [7, 11) is 28.6. The van der Waals surface area contributed by atoms with Crippen LogP contribution in [0.2, 0.25) is 0 Å². The monoisotopic (exact) mass is 229 g/mol. The molecular weight excluding hydrogens is 220 g/mol. The Morgan fingerprint density at radius 3 is 2.22 bits per heavy atom. The normalized spacial score (nSPS) is 20.3. The molecule has 1 aliphatic rings. The van der Waals surface area contributed by atoms with E-state index in [1.54, 1.807) is 18.2 Å². The van der Waals surface area contributed by atoms with Gasteiger partial charge in [0, 0.05) is 0 Å². The lowest BCUT2D eigenvalue weighted by Crippen LogP contribution is -2.57. The van der Waals surface area contributed by atoms with Gasteiger partial charge in [-0.25, -0.2) is 0 Å². The molecule has 0 saturated heterocycles. The minimum absolute atomic E-state index is 0.335. The predicted octanol–water partition coefficient (Wildman–Crippen LogP) is -1.26. The highest BCUT2D eigenvalue weighted by Gasteiger charge is 2.36. The zero-order valence-electron chi connectivity index (χ0n) is 10.0. The van der Waals surface area contributed by atoms with Crippen LogP contribution in [0.1, 0.15) is 12.5 Å². The minimum atomic E-state index is -1.69. The Kier molecular flexibility index (Phi) is 2.86. The standard InChI is InChI=1S/C10H8B5NO2/c1-8(11,16)9(12,13)5-2-3-6-7(4-5)18-10(14,15)17-6/h2-4H,16H2,1H3. The Labute approximate surface area is 113 Å². The van der Waals surface area contributed by atoms with Crippen LogP contribution in [0.4, 0.5) is 0 Å². The third kappa shape index (κ3) is 2.18. The van der Waals surface area contributed by atoms with Gasteiger partial charge in [0.1, 0.15) is 0 Å². The van der Waals surface area contributed by atoms with Gasteiger partial charge >= 0.3 is 0 Å². The molecule has 18 heavy (non-hydrogen) atoms. The van der Waals surface area contributed by atoms with Crippen LogP contribution < -0.4 is 15.2 Å². The van der Waals surface area contributed by atoms with Crippen LogP contribution >= 0.6 is 0 Å². The second-order valence-electron chi connectivity index (χ2n) is 4.74. The van der Waals surface area contributed by atoms with Crippen molar-refractivity contribution >= 4 is 39.2 Å². The van der Waals surface area contributed by atoms with Gasteiger partial charge in [-0.2, -0.15) is 0 Å². The molecule has 1 atom stereocenters. The molecule has 0 bridgehead atoms. The lowest BCUT2D eigenvalue weighted by Gasteiger charge is -2.41. The van der Waals surface area contributed by atoms with Gasteiger partial charge in [0.15, 0.2) is 32.8 Å². The molecule has 1 unspecified atom stereocenters. The molecule has 0 aliphatic carbocycles. The summed E-state index contributed by atoms with van der Waals surface area (Å²) in [5, 5.41) is -1.44. The third-order valence-corrected chi connectivity index (χ3v) is 2.85. The van der Waals surface area contributed by atoms with E-state index in [2.05, 4.69) is 0 Å². The van der Waals surface area contributed by atoms with E-state index in [0.29, 0.717) is 17.1 Å². The zero-order valence-corrected chi connectivity index (χ0v) is 10.0. The first-order valence-electron chi connectivity index (χ1n) is 5.29. The summed E-state index contributed by atoms with van der Waals surface area (Å²) in [6.07, 6.45) is 0. The van der Waals surface area contributed by atoms with Crippen molar-refractivity contribution in [2.45, 2.75) is 23.2 Å². The number of nitrogens with two attached hydrogens (primary N) is 1. The average molecular weight is 228 g/mol. The Morgan fingerprint density at radius 2 is 1.67 bits per heavy atom. The van der Waals surface area contributed by atoms with Crippen molar-refractivity contribution in [1.82, 2.24) is 0 Å². The number of hydrogen-bond acceptors (Lipinski definition) is 3. The Hall–Kier alpha value is -0.895. The molecule has 2 rings (SSSR count). The maximum Gasteiger partial charge on any atom is 0.175 e. The van der Waals surface area contributed by atoms with Crippen molar-refractivity contribution in [1.29, 1.82) is 0 Å². The molecule has 3 nitrogen and oxygen atoms in total. The van der Waals surface area contributed by atoms with Gasteiger partial charge in [-0.3, -0.25) is 0 Å². The number of benzene rings is 1. The van der Waals surface area contributed by atoms with E-state index < -0.39 is 16.2 Å². The molecule has 0 spiro atoms. The van der Waals surface area contributed by atoms with Crippen LogP contribution in [0.15, 0.2) is 18.2 Å². The van der Waals surface area contributed by atoms with E-state index in [0.717, 1.165) is 0 Å². The van der Waals surface area contributed by atoms with Gasteiger partial charge < -0.3 is 15.2 Å². The summed E-state index contributed by atoms with van der Waals surface area (Å²) in [4.78, 5) is 0. The van der Waals surface area contributed by atoms with Gasteiger partial charge in [-0.1, -0.05) is 23.8 Å². The molecular formula is C10H8B5NO2. The molecule has 1 aliphatic heterocycles. The lowest BCUT2D eigenvalue weighted by molar-refractivity contribution is 0.0833. The molecule has 0 fully saturated rings. The molecule has 1 aromatic carbocycles. The summed E-state index contributed by atoms with van der Waals surface area (Å²) in [5.41, 5.74) is 3.22. The second-order valence-corrected chi connectivity index (χ2v) is 4.74. The van der Waals surface area contributed by atoms with E-state index in [9.17, 15) is 0 Å². The van der Waals surface area contributed by atoms with Gasteiger partial charge in [-0.05, 0) is 17.6 Å². The molecule has 1 heterocycles. The van der Waals surface area contributed by atoms with E-state index in [-0.39, 0.29) is 0 Å². The summed E-state index contributed by atoms with van der Waals surface area (Å²) in [5.74, 6) is 0.734. The van der Waals surface area contributed by atoms with E-state index in [1.165, 1.54) is 6.92 Å². The van der Waals surface area contributed by atoms with Crippen LogP contribution in [0.25, 0.3) is 0 Å². The highest BCUT2D eigenvalue weighted by atomic mass is 16.7. The first kappa shape index (κ1) is 13.5. The largest absolute Gasteiger partial charge is 0.468 e. The van der Waals surface area contributed by atoms with Crippen LogP contribution in [0.5, 0.6) is 11.5 Å². The number of fused-ring (bicyclic) bond motifs is 1. The van der Waals surface area contributed by atoms with Crippen molar-refractivity contribution < 1.29 is 9.47 Å². The lowest BCUT2D eigenvalue weighted by atomic mass is 9.38. The average Bonchev–Trinajstić information content (AvgIpc) is 2.48. The van der Waals surface area contributed by atoms with Crippen molar-refractivity contribution in [3.8, 4) is 11.5 Å².